The van der Waals surface area contributed by atoms with Gasteiger partial charge >= 0.3 is 5.97 Å². The van der Waals surface area contributed by atoms with Crippen LogP contribution in [0, 0.1) is 20.8 Å². The Morgan fingerprint density at radius 2 is 1.17 bits per heavy atom. The number of carboxylic acids is 1. The van der Waals surface area contributed by atoms with Gasteiger partial charge < -0.3 is 5.11 Å². The van der Waals surface area contributed by atoms with Gasteiger partial charge in [0.15, 0.2) is 0 Å². The highest BCUT2D eigenvalue weighted by Crippen LogP contribution is 2.30. The van der Waals surface area contributed by atoms with Crippen LogP contribution in [0.2, 0.25) is 0 Å². The molecule has 6 aromatic rings. The van der Waals surface area contributed by atoms with Gasteiger partial charge in [-0.05, 0) is 67.3 Å². The Bertz CT molecular complexity index is 1730. The molecule has 8 nitrogen and oxygen atoms in total. The van der Waals surface area contributed by atoms with Gasteiger partial charge in [0.25, 0.3) is 0 Å². The van der Waals surface area contributed by atoms with E-state index in [0.29, 0.717) is 0 Å². The molecule has 36 heavy (non-hydrogen) atoms. The standard InChI is InChI=1S/C13H9N3O2S.C13H11N3S/c1-7-2-3-9(12-11(7)15-19-16-12)8-4-5-14-10(6-8)13(17)18;1-8-3-4-11(13-12(8)15-17-16-13)10-5-6-14-9(2)7-10/h2-6H,1H3,(H,17,18);3-7H,1-2H3. The first kappa shape index (κ1) is 23.6. The van der Waals surface area contributed by atoms with Crippen LogP contribution in [0.25, 0.3) is 44.3 Å². The van der Waals surface area contributed by atoms with Crippen LogP contribution in [0.5, 0.6) is 0 Å². The van der Waals surface area contributed by atoms with Crippen LogP contribution >= 0.6 is 23.5 Å². The summed E-state index contributed by atoms with van der Waals surface area (Å²) in [7, 11) is 0. The second-order valence-corrected chi connectivity index (χ2v) is 9.26. The van der Waals surface area contributed by atoms with E-state index in [1.165, 1.54) is 23.5 Å². The number of aromatic nitrogens is 6. The van der Waals surface area contributed by atoms with Gasteiger partial charge in [-0.2, -0.15) is 17.5 Å². The van der Waals surface area contributed by atoms with E-state index in [1.54, 1.807) is 12.1 Å². The van der Waals surface area contributed by atoms with Crippen molar-refractivity contribution in [2.24, 2.45) is 0 Å². The maximum atomic E-state index is 11.0. The van der Waals surface area contributed by atoms with E-state index in [1.807, 2.05) is 38.2 Å². The van der Waals surface area contributed by atoms with Crippen LogP contribution in [0.3, 0.4) is 0 Å². The Morgan fingerprint density at radius 1 is 0.667 bits per heavy atom. The molecule has 4 aromatic heterocycles. The van der Waals surface area contributed by atoms with Gasteiger partial charge in [0, 0.05) is 29.2 Å². The van der Waals surface area contributed by atoms with Crippen LogP contribution in [-0.2, 0) is 0 Å². The van der Waals surface area contributed by atoms with Gasteiger partial charge in [-0.25, -0.2) is 9.78 Å². The van der Waals surface area contributed by atoms with E-state index in [2.05, 4.69) is 52.6 Å². The molecule has 0 bridgehead atoms. The average Bonchev–Trinajstić information content (AvgIpc) is 3.56. The second kappa shape index (κ2) is 9.84. The number of pyridine rings is 2. The molecule has 2 aromatic carbocycles. The molecule has 0 unspecified atom stereocenters. The molecule has 0 aliphatic rings. The fourth-order valence-electron chi connectivity index (χ4n) is 3.87. The number of carboxylic acid groups (broad SMARTS) is 1. The Labute approximate surface area is 215 Å². The molecule has 178 valence electrons. The molecule has 0 saturated heterocycles. The topological polar surface area (TPSA) is 115 Å². The molecular weight excluding hydrogens is 492 g/mol. The predicted molar refractivity (Wildman–Crippen MR) is 142 cm³/mol. The van der Waals surface area contributed by atoms with Crippen molar-refractivity contribution >= 4 is 51.5 Å². The van der Waals surface area contributed by atoms with Crippen LogP contribution in [0.15, 0.2) is 60.9 Å². The lowest BCUT2D eigenvalue weighted by molar-refractivity contribution is 0.0690. The van der Waals surface area contributed by atoms with Crippen LogP contribution in [-0.4, -0.2) is 38.5 Å². The van der Waals surface area contributed by atoms with Gasteiger partial charge in [-0.15, -0.1) is 0 Å². The summed E-state index contributed by atoms with van der Waals surface area (Å²) >= 11 is 2.42. The van der Waals surface area contributed by atoms with Crippen molar-refractivity contribution in [2.45, 2.75) is 20.8 Å². The molecule has 0 aliphatic carbocycles. The number of hydrogen-bond donors (Lipinski definition) is 1. The Hall–Kier alpha value is -4.15. The molecule has 4 heterocycles. The first-order chi connectivity index (χ1) is 17.4. The molecular formula is C26H20N6O2S2. The van der Waals surface area contributed by atoms with Crippen molar-refractivity contribution in [3.8, 4) is 22.3 Å². The van der Waals surface area contributed by atoms with Gasteiger partial charge in [0.1, 0.15) is 27.8 Å². The quantitative estimate of drug-likeness (QED) is 0.301. The summed E-state index contributed by atoms with van der Waals surface area (Å²) in [5.41, 5.74) is 10.8. The molecule has 0 saturated carbocycles. The molecule has 0 aliphatic heterocycles. The van der Waals surface area contributed by atoms with Gasteiger partial charge in [-0.3, -0.25) is 4.98 Å². The Kier molecular flexibility index (Phi) is 6.45. The van der Waals surface area contributed by atoms with E-state index in [9.17, 15) is 4.79 Å². The summed E-state index contributed by atoms with van der Waals surface area (Å²) in [4.78, 5) is 19.0. The van der Waals surface area contributed by atoms with Crippen molar-refractivity contribution in [1.29, 1.82) is 0 Å². The fourth-order valence-corrected chi connectivity index (χ4v) is 5.11. The maximum absolute atomic E-state index is 11.0. The molecule has 6 rings (SSSR count). The second-order valence-electron chi connectivity index (χ2n) is 8.20. The smallest absolute Gasteiger partial charge is 0.354 e. The molecule has 10 heteroatoms. The summed E-state index contributed by atoms with van der Waals surface area (Å²) in [5.74, 6) is -1.04. The number of aryl methyl sites for hydroxylation is 3. The van der Waals surface area contributed by atoms with Crippen molar-refractivity contribution in [3.05, 3.63) is 83.4 Å². The normalized spacial score (nSPS) is 10.9. The van der Waals surface area contributed by atoms with E-state index < -0.39 is 5.97 Å². The number of aromatic carboxylic acids is 1. The van der Waals surface area contributed by atoms with Crippen LogP contribution in [0.4, 0.5) is 0 Å². The zero-order valence-electron chi connectivity index (χ0n) is 19.6. The molecule has 0 atom stereocenters. The van der Waals surface area contributed by atoms with E-state index >= 15 is 0 Å². The largest absolute Gasteiger partial charge is 0.477 e. The van der Waals surface area contributed by atoms with Crippen LogP contribution in [0.1, 0.15) is 27.3 Å². The highest BCUT2D eigenvalue weighted by molar-refractivity contribution is 7.00. The zero-order valence-corrected chi connectivity index (χ0v) is 21.3. The van der Waals surface area contributed by atoms with Gasteiger partial charge in [0.05, 0.1) is 23.5 Å². The summed E-state index contributed by atoms with van der Waals surface area (Å²) in [5, 5.41) is 8.99. The maximum Gasteiger partial charge on any atom is 0.354 e. The first-order valence-corrected chi connectivity index (χ1v) is 12.4. The molecule has 0 radical (unpaired) electrons. The van der Waals surface area contributed by atoms with Crippen molar-refractivity contribution < 1.29 is 9.90 Å². The number of carbonyl (C=O) groups is 1. The lowest BCUT2D eigenvalue weighted by atomic mass is 10.0. The Morgan fingerprint density at radius 3 is 1.69 bits per heavy atom. The lowest BCUT2D eigenvalue weighted by Crippen LogP contribution is -1.99. The van der Waals surface area contributed by atoms with E-state index in [0.717, 1.165) is 67.3 Å². The number of fused-ring (bicyclic) bond motifs is 2. The SMILES string of the molecule is Cc1cc(-c2ccc(C)c3nsnc23)ccn1.Cc1ccc(-c2ccnc(C(=O)O)c2)c2nsnc12. The third kappa shape index (κ3) is 4.56. The highest BCUT2D eigenvalue weighted by atomic mass is 32.1. The molecule has 1 N–H and O–H groups in total. The Balaban J connectivity index is 0.000000149. The minimum absolute atomic E-state index is 0.0226. The third-order valence-electron chi connectivity index (χ3n) is 5.73. The zero-order chi connectivity index (χ0) is 25.2. The van der Waals surface area contributed by atoms with E-state index in [-0.39, 0.29) is 5.69 Å². The number of benzene rings is 2. The van der Waals surface area contributed by atoms with Gasteiger partial charge in [-0.1, -0.05) is 24.3 Å². The van der Waals surface area contributed by atoms with Crippen molar-refractivity contribution in [1.82, 2.24) is 27.5 Å². The van der Waals surface area contributed by atoms with Crippen LogP contribution < -0.4 is 0 Å². The fraction of sp³-hybridized carbons (Fsp3) is 0.115. The predicted octanol–water partition coefficient (Wildman–Crippen LogP) is 6.13. The lowest BCUT2D eigenvalue weighted by Gasteiger charge is -2.04. The minimum Gasteiger partial charge on any atom is -0.477 e. The van der Waals surface area contributed by atoms with Gasteiger partial charge in [0.2, 0.25) is 0 Å². The van der Waals surface area contributed by atoms with E-state index in [4.69, 9.17) is 5.11 Å². The third-order valence-corrected chi connectivity index (χ3v) is 6.79. The molecule has 0 fully saturated rings. The summed E-state index contributed by atoms with van der Waals surface area (Å²) in [6, 6.07) is 15.5. The highest BCUT2D eigenvalue weighted by Gasteiger charge is 2.12. The number of hydrogen-bond acceptors (Lipinski definition) is 9. The summed E-state index contributed by atoms with van der Waals surface area (Å²) in [6.45, 7) is 6.03. The minimum atomic E-state index is -1.04. The number of rotatable bonds is 3. The first-order valence-electron chi connectivity index (χ1n) is 11.0. The monoisotopic (exact) mass is 512 g/mol. The molecule has 0 spiro atoms. The van der Waals surface area contributed by atoms with Crippen molar-refractivity contribution in [2.75, 3.05) is 0 Å². The van der Waals surface area contributed by atoms with Crippen molar-refractivity contribution in [3.63, 3.8) is 0 Å². The average molecular weight is 513 g/mol. The molecule has 0 amide bonds. The number of nitrogens with zero attached hydrogens (tertiary/aromatic N) is 6. The summed E-state index contributed by atoms with van der Waals surface area (Å²) < 4.78 is 17.3. The summed E-state index contributed by atoms with van der Waals surface area (Å²) in [6.07, 6.45) is 3.32.